The zero-order chi connectivity index (χ0) is 18.9. The van der Waals surface area contributed by atoms with Gasteiger partial charge in [0.05, 0.1) is 0 Å². The molecule has 0 unspecified atom stereocenters. The minimum Gasteiger partial charge on any atom is -0.371 e. The van der Waals surface area contributed by atoms with Gasteiger partial charge in [0.1, 0.15) is 0 Å². The number of rotatable bonds is 4. The average molecular weight is 394 g/mol. The number of hydrogen-bond acceptors (Lipinski definition) is 5. The van der Waals surface area contributed by atoms with E-state index in [0.717, 1.165) is 50.6 Å². The molecule has 0 atom stereocenters. The highest BCUT2D eigenvalue weighted by molar-refractivity contribution is 6.30. The summed E-state index contributed by atoms with van der Waals surface area (Å²) < 4.78 is 0. The second-order valence-corrected chi connectivity index (χ2v) is 8.99. The number of halogens is 1. The first-order valence-electron chi connectivity index (χ1n) is 10.4. The molecule has 1 spiro atoms. The lowest BCUT2D eigenvalue weighted by Crippen LogP contribution is -2.50. The number of benzene rings is 1. The van der Waals surface area contributed by atoms with E-state index in [1.807, 2.05) is 6.07 Å². The molecule has 6 heteroatoms. The van der Waals surface area contributed by atoms with Crippen molar-refractivity contribution < 1.29 is 10.2 Å². The first-order valence-corrected chi connectivity index (χ1v) is 10.8. The van der Waals surface area contributed by atoms with Gasteiger partial charge in [-0.15, -0.1) is 0 Å². The fourth-order valence-corrected chi connectivity index (χ4v) is 5.53. The van der Waals surface area contributed by atoms with Crippen molar-refractivity contribution in [3.05, 3.63) is 28.8 Å². The molecule has 3 heterocycles. The highest BCUT2D eigenvalue weighted by Crippen LogP contribution is 2.38. The molecule has 150 valence electrons. The van der Waals surface area contributed by atoms with E-state index >= 15 is 0 Å². The number of aliphatic hydroxyl groups is 2. The van der Waals surface area contributed by atoms with Crippen LogP contribution in [0.2, 0.25) is 5.02 Å². The summed E-state index contributed by atoms with van der Waals surface area (Å²) in [5.41, 5.74) is 2.84. The molecular formula is C21H32ClN3O2. The van der Waals surface area contributed by atoms with Crippen LogP contribution in [0.25, 0.3) is 0 Å². The van der Waals surface area contributed by atoms with Crippen LogP contribution in [0.15, 0.2) is 18.2 Å². The Morgan fingerprint density at radius 3 is 2.52 bits per heavy atom. The van der Waals surface area contributed by atoms with Crippen LogP contribution in [-0.2, 0) is 6.54 Å². The molecule has 4 rings (SSSR count). The number of likely N-dealkylation sites (tertiary alicyclic amines) is 1. The number of piperidine rings is 2. The molecule has 3 saturated heterocycles. The summed E-state index contributed by atoms with van der Waals surface area (Å²) in [6.07, 6.45) is 5.53. The minimum atomic E-state index is -1.20. The second kappa shape index (κ2) is 8.26. The van der Waals surface area contributed by atoms with Crippen molar-refractivity contribution in [2.24, 2.45) is 5.92 Å². The van der Waals surface area contributed by atoms with Gasteiger partial charge >= 0.3 is 0 Å². The van der Waals surface area contributed by atoms with Gasteiger partial charge in [0.25, 0.3) is 0 Å². The lowest BCUT2D eigenvalue weighted by atomic mass is 9.85. The van der Waals surface area contributed by atoms with Crippen molar-refractivity contribution in [1.29, 1.82) is 0 Å². The normalized spacial score (nSPS) is 24.2. The molecule has 5 nitrogen and oxygen atoms in total. The van der Waals surface area contributed by atoms with E-state index in [4.69, 9.17) is 11.6 Å². The Morgan fingerprint density at radius 1 is 1.07 bits per heavy atom. The van der Waals surface area contributed by atoms with Gasteiger partial charge in [-0.05, 0) is 81.9 Å². The quantitative estimate of drug-likeness (QED) is 0.686. The van der Waals surface area contributed by atoms with E-state index in [1.54, 1.807) is 0 Å². The molecule has 0 aromatic heterocycles. The third-order valence-electron chi connectivity index (χ3n) is 6.92. The topological polar surface area (TPSA) is 59.0 Å². The van der Waals surface area contributed by atoms with Crippen LogP contribution in [0.1, 0.15) is 44.1 Å². The van der Waals surface area contributed by atoms with Crippen molar-refractivity contribution >= 4 is 17.3 Å². The molecule has 3 aliphatic heterocycles. The Labute approximate surface area is 167 Å². The fourth-order valence-electron chi connectivity index (χ4n) is 5.28. The van der Waals surface area contributed by atoms with E-state index in [1.165, 1.54) is 43.5 Å². The van der Waals surface area contributed by atoms with Crippen LogP contribution < -0.4 is 10.2 Å². The molecule has 0 aliphatic carbocycles. The molecule has 3 fully saturated rings. The summed E-state index contributed by atoms with van der Waals surface area (Å²) in [7, 11) is 0. The predicted octanol–water partition coefficient (Wildman–Crippen LogP) is 2.59. The molecule has 3 aliphatic rings. The van der Waals surface area contributed by atoms with E-state index in [0.29, 0.717) is 5.54 Å². The smallest absolute Gasteiger partial charge is 0.154 e. The summed E-state index contributed by atoms with van der Waals surface area (Å²) in [5, 5.41) is 23.1. The van der Waals surface area contributed by atoms with Crippen molar-refractivity contribution in [2.75, 3.05) is 37.6 Å². The summed E-state index contributed by atoms with van der Waals surface area (Å²) in [6.45, 7) is 6.11. The van der Waals surface area contributed by atoms with Gasteiger partial charge < -0.3 is 20.4 Å². The lowest BCUT2D eigenvalue weighted by Gasteiger charge is -2.42. The van der Waals surface area contributed by atoms with Crippen LogP contribution in [-0.4, -0.2) is 59.7 Å². The average Bonchev–Trinajstić information content (AvgIpc) is 3.03. The Kier molecular flexibility index (Phi) is 5.95. The number of nitrogens with one attached hydrogen (secondary N) is 1. The Hall–Kier alpha value is -0.850. The summed E-state index contributed by atoms with van der Waals surface area (Å²) in [5.74, 6) is -0.00993. The van der Waals surface area contributed by atoms with Crippen LogP contribution in [0, 0.1) is 5.92 Å². The maximum absolute atomic E-state index is 9.41. The summed E-state index contributed by atoms with van der Waals surface area (Å²) in [4.78, 5) is 5.02. The van der Waals surface area contributed by atoms with Gasteiger partial charge in [-0.2, -0.15) is 0 Å². The Balaban J connectivity index is 1.46. The number of aliphatic hydroxyl groups excluding tert-OH is 1. The minimum absolute atomic E-state index is 0.00993. The lowest BCUT2D eigenvalue weighted by molar-refractivity contribution is -0.0893. The van der Waals surface area contributed by atoms with Crippen LogP contribution in [0.5, 0.6) is 0 Å². The highest BCUT2D eigenvalue weighted by Gasteiger charge is 2.41. The maximum atomic E-state index is 9.41. The number of anilines is 1. The molecule has 27 heavy (non-hydrogen) atoms. The first kappa shape index (κ1) is 19.5. The SMILES string of the molecule is OC(O)C1CCN(c2cc(Cl)cc(CN3CCCC34CCNCC4)c2)CC1. The third-order valence-corrected chi connectivity index (χ3v) is 7.14. The van der Waals surface area contributed by atoms with Gasteiger partial charge in [0, 0.05) is 41.8 Å². The molecule has 0 amide bonds. The first-order chi connectivity index (χ1) is 13.1. The molecule has 0 bridgehead atoms. The molecule has 3 N–H and O–H groups in total. The highest BCUT2D eigenvalue weighted by atomic mass is 35.5. The van der Waals surface area contributed by atoms with Crippen molar-refractivity contribution in [3.63, 3.8) is 0 Å². The summed E-state index contributed by atoms with van der Waals surface area (Å²) in [6, 6.07) is 6.45. The van der Waals surface area contributed by atoms with Gasteiger partial charge in [-0.1, -0.05) is 11.6 Å². The van der Waals surface area contributed by atoms with Gasteiger partial charge in [0.2, 0.25) is 0 Å². The van der Waals surface area contributed by atoms with E-state index in [9.17, 15) is 10.2 Å². The zero-order valence-corrected chi connectivity index (χ0v) is 16.8. The molecule has 0 radical (unpaired) electrons. The van der Waals surface area contributed by atoms with E-state index in [2.05, 4.69) is 27.2 Å². The Bertz CT molecular complexity index is 640. The van der Waals surface area contributed by atoms with Crippen molar-refractivity contribution in [3.8, 4) is 0 Å². The van der Waals surface area contributed by atoms with Gasteiger partial charge in [-0.3, -0.25) is 4.90 Å². The van der Waals surface area contributed by atoms with Crippen molar-refractivity contribution in [1.82, 2.24) is 10.2 Å². The summed E-state index contributed by atoms with van der Waals surface area (Å²) >= 11 is 6.48. The van der Waals surface area contributed by atoms with E-state index in [-0.39, 0.29) is 5.92 Å². The molecular weight excluding hydrogens is 362 g/mol. The van der Waals surface area contributed by atoms with Crippen molar-refractivity contribution in [2.45, 2.75) is 56.9 Å². The maximum Gasteiger partial charge on any atom is 0.154 e. The number of nitrogens with zero attached hydrogens (tertiary/aromatic N) is 2. The van der Waals surface area contributed by atoms with Crippen LogP contribution in [0.3, 0.4) is 0 Å². The fraction of sp³-hybridized carbons (Fsp3) is 0.714. The predicted molar refractivity (Wildman–Crippen MR) is 109 cm³/mol. The van der Waals surface area contributed by atoms with Gasteiger partial charge in [0.15, 0.2) is 6.29 Å². The Morgan fingerprint density at radius 2 is 1.81 bits per heavy atom. The standard InChI is InChI=1S/C21H32ClN3O2/c22-18-12-16(15-25-9-1-4-21(25)5-7-23-8-6-21)13-19(14-18)24-10-2-17(3-11-24)20(26)27/h12-14,17,20,23,26-27H,1-11,15H2. The largest absolute Gasteiger partial charge is 0.371 e. The second-order valence-electron chi connectivity index (χ2n) is 8.56. The third kappa shape index (κ3) is 4.28. The monoisotopic (exact) mass is 393 g/mol. The van der Waals surface area contributed by atoms with Crippen LogP contribution in [0.4, 0.5) is 5.69 Å². The zero-order valence-electron chi connectivity index (χ0n) is 16.0. The number of hydrogen-bond donors (Lipinski definition) is 3. The van der Waals surface area contributed by atoms with Crippen LogP contribution >= 0.6 is 11.6 Å². The molecule has 1 aromatic rings. The van der Waals surface area contributed by atoms with E-state index < -0.39 is 6.29 Å². The molecule has 1 aromatic carbocycles. The molecule has 0 saturated carbocycles. The van der Waals surface area contributed by atoms with Gasteiger partial charge in [-0.25, -0.2) is 0 Å².